The number of carbonyl (C=O) groups excluding carboxylic acids is 1. The number of amides is 1. The first-order valence-electron chi connectivity index (χ1n) is 9.47. The molecule has 1 unspecified atom stereocenters. The topological polar surface area (TPSA) is 38.3 Å². The molecule has 0 aliphatic carbocycles. The van der Waals surface area contributed by atoms with E-state index in [1.54, 1.807) is 11.8 Å². The molecule has 3 nitrogen and oxygen atoms in total. The maximum atomic E-state index is 13.1. The smallest absolute Gasteiger partial charge is 0.238 e. The fourth-order valence-corrected chi connectivity index (χ4v) is 3.96. The Hall–Kier alpha value is -2.56. The van der Waals surface area contributed by atoms with Crippen molar-refractivity contribution in [1.82, 2.24) is 5.32 Å². The van der Waals surface area contributed by atoms with Gasteiger partial charge in [0.1, 0.15) is 5.25 Å². The van der Waals surface area contributed by atoms with Crippen LogP contribution in [0.2, 0.25) is 0 Å². The Morgan fingerprint density at radius 3 is 2.18 bits per heavy atom. The molecule has 0 radical (unpaired) electrons. The third kappa shape index (κ3) is 5.72. The van der Waals surface area contributed by atoms with E-state index in [-0.39, 0.29) is 11.2 Å². The number of thioether (sulfide) groups is 1. The van der Waals surface area contributed by atoms with E-state index in [2.05, 4.69) is 5.32 Å². The summed E-state index contributed by atoms with van der Waals surface area (Å²) < 4.78 is 5.55. The van der Waals surface area contributed by atoms with E-state index < -0.39 is 0 Å². The van der Waals surface area contributed by atoms with Crippen LogP contribution in [0.15, 0.2) is 89.8 Å². The van der Waals surface area contributed by atoms with Crippen LogP contribution in [0.5, 0.6) is 0 Å². The molecule has 144 valence electrons. The lowest BCUT2D eigenvalue weighted by molar-refractivity contribution is -0.120. The molecular weight excluding hydrogens is 366 g/mol. The van der Waals surface area contributed by atoms with Crippen molar-refractivity contribution in [3.05, 3.63) is 102 Å². The van der Waals surface area contributed by atoms with E-state index >= 15 is 0 Å². The molecule has 0 saturated carbocycles. The highest BCUT2D eigenvalue weighted by atomic mass is 32.2. The Morgan fingerprint density at radius 2 is 1.50 bits per heavy atom. The molecule has 1 amide bonds. The van der Waals surface area contributed by atoms with Crippen LogP contribution in [0.4, 0.5) is 0 Å². The third-order valence-corrected chi connectivity index (χ3v) is 5.64. The highest BCUT2D eigenvalue weighted by Crippen LogP contribution is 2.35. The number of ether oxygens (including phenoxy) is 1. The Morgan fingerprint density at radius 1 is 0.893 bits per heavy atom. The second-order valence-corrected chi connectivity index (χ2v) is 7.52. The molecule has 3 aromatic carbocycles. The number of rotatable bonds is 9. The summed E-state index contributed by atoms with van der Waals surface area (Å²) in [5.41, 5.74) is 3.19. The molecule has 1 atom stereocenters. The molecule has 0 aliphatic rings. The molecule has 3 rings (SSSR count). The molecule has 28 heavy (non-hydrogen) atoms. The summed E-state index contributed by atoms with van der Waals surface area (Å²) in [6, 6.07) is 28.0. The average molecular weight is 392 g/mol. The van der Waals surface area contributed by atoms with E-state index in [9.17, 15) is 4.79 Å². The highest BCUT2D eigenvalue weighted by molar-refractivity contribution is 8.00. The first-order valence-corrected chi connectivity index (χ1v) is 10.3. The molecule has 0 aromatic heterocycles. The van der Waals surface area contributed by atoms with Crippen molar-refractivity contribution in [3.63, 3.8) is 0 Å². The Kier molecular flexibility index (Phi) is 7.71. The Bertz CT molecular complexity index is 868. The van der Waals surface area contributed by atoms with Crippen LogP contribution in [-0.2, 0) is 22.7 Å². The van der Waals surface area contributed by atoms with Crippen molar-refractivity contribution in [2.24, 2.45) is 0 Å². The lowest BCUT2D eigenvalue weighted by atomic mass is 10.1. The van der Waals surface area contributed by atoms with Gasteiger partial charge >= 0.3 is 0 Å². The Labute approximate surface area is 171 Å². The molecular formula is C24H25NO2S. The summed E-state index contributed by atoms with van der Waals surface area (Å²) in [6.45, 7) is 3.70. The monoisotopic (exact) mass is 391 g/mol. The van der Waals surface area contributed by atoms with Gasteiger partial charge in [-0.15, -0.1) is 11.8 Å². The molecule has 4 heteroatoms. The summed E-state index contributed by atoms with van der Waals surface area (Å²) in [7, 11) is 0. The lowest BCUT2D eigenvalue weighted by Gasteiger charge is -2.18. The molecule has 0 heterocycles. The summed E-state index contributed by atoms with van der Waals surface area (Å²) in [5.74, 6) is 0.00580. The van der Waals surface area contributed by atoms with Crippen LogP contribution in [0.1, 0.15) is 28.9 Å². The minimum absolute atomic E-state index is 0.00580. The molecule has 3 aromatic rings. The second kappa shape index (κ2) is 10.7. The van der Waals surface area contributed by atoms with Crippen molar-refractivity contribution >= 4 is 17.7 Å². The normalized spacial score (nSPS) is 11.8. The lowest BCUT2D eigenvalue weighted by Crippen LogP contribution is -2.28. The predicted molar refractivity (Wildman–Crippen MR) is 115 cm³/mol. The van der Waals surface area contributed by atoms with E-state index in [1.807, 2.05) is 91.9 Å². The van der Waals surface area contributed by atoms with Crippen LogP contribution >= 0.6 is 11.8 Å². The number of hydrogen-bond acceptors (Lipinski definition) is 3. The highest BCUT2D eigenvalue weighted by Gasteiger charge is 2.22. The maximum absolute atomic E-state index is 13.1. The minimum Gasteiger partial charge on any atom is -0.377 e. The number of hydrogen-bond donors (Lipinski definition) is 1. The third-order valence-electron chi connectivity index (χ3n) is 4.37. The summed E-state index contributed by atoms with van der Waals surface area (Å²) in [4.78, 5) is 14.2. The Balaban J connectivity index is 1.73. The van der Waals surface area contributed by atoms with E-state index in [1.165, 1.54) is 0 Å². The number of benzene rings is 3. The van der Waals surface area contributed by atoms with Gasteiger partial charge in [0.05, 0.1) is 6.61 Å². The van der Waals surface area contributed by atoms with Crippen LogP contribution < -0.4 is 5.32 Å². The van der Waals surface area contributed by atoms with Crippen molar-refractivity contribution in [2.75, 3.05) is 6.61 Å². The summed E-state index contributed by atoms with van der Waals surface area (Å²) in [6.07, 6.45) is 0. The quantitative estimate of drug-likeness (QED) is 0.498. The van der Waals surface area contributed by atoms with Gasteiger partial charge in [0, 0.05) is 18.0 Å². The molecule has 0 aliphatic heterocycles. The van der Waals surface area contributed by atoms with Gasteiger partial charge in [0.15, 0.2) is 0 Å². The molecule has 0 spiro atoms. The maximum Gasteiger partial charge on any atom is 0.238 e. The second-order valence-electron chi connectivity index (χ2n) is 6.35. The van der Waals surface area contributed by atoms with Crippen LogP contribution in [0.25, 0.3) is 0 Å². The zero-order valence-corrected chi connectivity index (χ0v) is 16.8. The fourth-order valence-electron chi connectivity index (χ4n) is 2.89. The van der Waals surface area contributed by atoms with E-state index in [0.29, 0.717) is 19.8 Å². The standard InChI is InChI=1S/C24H25NO2S/c1-2-27-18-21-14-10-9-13-20(21)17-25-24(26)23(19-11-5-3-6-12-19)28-22-15-7-4-8-16-22/h3-16,23H,2,17-18H2,1H3,(H,25,26). The van der Waals surface area contributed by atoms with E-state index in [0.717, 1.165) is 21.6 Å². The van der Waals surface area contributed by atoms with Gasteiger partial charge in [-0.2, -0.15) is 0 Å². The fraction of sp³-hybridized carbons (Fsp3) is 0.208. The minimum atomic E-state index is -0.303. The van der Waals surface area contributed by atoms with Crippen molar-refractivity contribution in [2.45, 2.75) is 30.2 Å². The van der Waals surface area contributed by atoms with Crippen molar-refractivity contribution < 1.29 is 9.53 Å². The predicted octanol–water partition coefficient (Wildman–Crippen LogP) is 5.37. The van der Waals surface area contributed by atoms with Gasteiger partial charge in [0.25, 0.3) is 0 Å². The molecule has 1 N–H and O–H groups in total. The van der Waals surface area contributed by atoms with Gasteiger partial charge in [-0.25, -0.2) is 0 Å². The molecule has 0 fully saturated rings. The first kappa shape index (κ1) is 20.2. The van der Waals surface area contributed by atoms with Gasteiger partial charge in [-0.05, 0) is 35.7 Å². The van der Waals surface area contributed by atoms with Crippen molar-refractivity contribution in [3.8, 4) is 0 Å². The van der Waals surface area contributed by atoms with Crippen LogP contribution in [-0.4, -0.2) is 12.5 Å². The summed E-state index contributed by atoms with van der Waals surface area (Å²) in [5, 5.41) is 2.82. The summed E-state index contributed by atoms with van der Waals surface area (Å²) >= 11 is 1.57. The van der Waals surface area contributed by atoms with Crippen LogP contribution in [0, 0.1) is 0 Å². The van der Waals surface area contributed by atoms with Gasteiger partial charge in [-0.3, -0.25) is 4.79 Å². The SMILES string of the molecule is CCOCc1ccccc1CNC(=O)C(Sc1ccccc1)c1ccccc1. The zero-order valence-electron chi connectivity index (χ0n) is 16.0. The first-order chi connectivity index (χ1) is 13.8. The van der Waals surface area contributed by atoms with E-state index in [4.69, 9.17) is 4.74 Å². The molecule has 0 saturated heterocycles. The van der Waals surface area contributed by atoms with Crippen molar-refractivity contribution in [1.29, 1.82) is 0 Å². The zero-order chi connectivity index (χ0) is 19.6. The van der Waals surface area contributed by atoms with Gasteiger partial charge in [0.2, 0.25) is 5.91 Å². The number of carbonyl (C=O) groups is 1. The van der Waals surface area contributed by atoms with Gasteiger partial charge in [-0.1, -0.05) is 72.8 Å². The van der Waals surface area contributed by atoms with Crippen LogP contribution in [0.3, 0.4) is 0 Å². The van der Waals surface area contributed by atoms with Gasteiger partial charge < -0.3 is 10.1 Å². The molecule has 0 bridgehead atoms. The number of nitrogens with one attached hydrogen (secondary N) is 1. The average Bonchev–Trinajstić information content (AvgIpc) is 2.76. The largest absolute Gasteiger partial charge is 0.377 e.